The molecule has 35 heavy (non-hydrogen) atoms. The van der Waals surface area contributed by atoms with Crippen LogP contribution in [0.2, 0.25) is 0 Å². The highest BCUT2D eigenvalue weighted by Crippen LogP contribution is 2.29. The lowest BCUT2D eigenvalue weighted by atomic mass is 10.00. The van der Waals surface area contributed by atoms with Crippen molar-refractivity contribution in [2.45, 2.75) is 25.7 Å². The van der Waals surface area contributed by atoms with Crippen LogP contribution in [0.15, 0.2) is 60.6 Å². The van der Waals surface area contributed by atoms with E-state index in [4.69, 9.17) is 14.2 Å². The fraction of sp³-hybridized carbons (Fsp3) is 0.308. The number of hydrogen-bond acceptors (Lipinski definition) is 8. The molecular weight excluding hydrogens is 464 g/mol. The maximum atomic E-state index is 12.3. The molecule has 3 rings (SSSR count). The molecule has 0 spiro atoms. The molecule has 0 aliphatic carbocycles. The third-order valence-corrected chi connectivity index (χ3v) is 5.79. The van der Waals surface area contributed by atoms with Crippen molar-refractivity contribution >= 4 is 22.4 Å². The Labute approximate surface area is 209 Å². The Kier molecular flexibility index (Phi) is 10.1. The summed E-state index contributed by atoms with van der Waals surface area (Å²) in [5.74, 6) is 0.969. The molecular formula is C26H28N4O4S. The van der Waals surface area contributed by atoms with Crippen LogP contribution in [0, 0.1) is 17.2 Å². The van der Waals surface area contributed by atoms with Gasteiger partial charge in [0.1, 0.15) is 30.4 Å². The minimum atomic E-state index is -0.750. The molecule has 9 heteroatoms. The number of hydrogen-bond donors (Lipinski definition) is 1. The number of aromatic nitrogens is 2. The molecule has 3 aromatic rings. The molecule has 0 fully saturated rings. The summed E-state index contributed by atoms with van der Waals surface area (Å²) in [4.78, 5) is 12.3. The molecule has 0 saturated carbocycles. The van der Waals surface area contributed by atoms with E-state index in [1.165, 1.54) is 16.8 Å². The highest BCUT2D eigenvalue weighted by Gasteiger charge is 2.19. The van der Waals surface area contributed by atoms with Gasteiger partial charge in [-0.1, -0.05) is 41.7 Å². The smallest absolute Gasteiger partial charge is 0.243 e. The second-order valence-electron chi connectivity index (χ2n) is 7.59. The van der Waals surface area contributed by atoms with Gasteiger partial charge in [-0.25, -0.2) is 0 Å². The van der Waals surface area contributed by atoms with E-state index in [0.717, 1.165) is 23.3 Å². The summed E-state index contributed by atoms with van der Waals surface area (Å²) in [6.07, 6.45) is 4.40. The van der Waals surface area contributed by atoms with E-state index in [-0.39, 0.29) is 5.91 Å². The molecule has 0 saturated heterocycles. The monoisotopic (exact) mass is 492 g/mol. The van der Waals surface area contributed by atoms with Crippen LogP contribution in [0.25, 0.3) is 0 Å². The summed E-state index contributed by atoms with van der Waals surface area (Å²) in [5.41, 5.74) is 3.64. The standard InChI is InChI=1S/C26H28N4O4S/c1-3-7-20-9-4-5-11-22(20)33-14-15-34-23-13-12-19(16-24(23)32-2)8-6-10-21(17-27)25(31)29-26-30-28-18-35-26/h3-5,9,11-13,16,18,21H,1,6-8,10,14-15H2,2H3,(H,29,30,31). The maximum Gasteiger partial charge on any atom is 0.243 e. The largest absolute Gasteiger partial charge is 0.493 e. The summed E-state index contributed by atoms with van der Waals surface area (Å²) in [7, 11) is 1.59. The number of rotatable bonds is 14. The van der Waals surface area contributed by atoms with Crippen LogP contribution < -0.4 is 19.5 Å². The van der Waals surface area contributed by atoms with Crippen molar-refractivity contribution in [1.82, 2.24) is 10.2 Å². The van der Waals surface area contributed by atoms with Crippen LogP contribution in [-0.2, 0) is 17.6 Å². The molecule has 1 N–H and O–H groups in total. The normalized spacial score (nSPS) is 11.2. The summed E-state index contributed by atoms with van der Waals surface area (Å²) in [5, 5.41) is 19.8. The Morgan fingerprint density at radius 2 is 2.00 bits per heavy atom. The number of carbonyl (C=O) groups is 1. The van der Waals surface area contributed by atoms with Gasteiger partial charge >= 0.3 is 0 Å². The Morgan fingerprint density at radius 3 is 2.71 bits per heavy atom. The molecule has 1 aromatic heterocycles. The second-order valence-corrected chi connectivity index (χ2v) is 8.42. The minimum absolute atomic E-state index is 0.361. The number of carbonyl (C=O) groups excluding carboxylic acids is 1. The average molecular weight is 493 g/mol. The first-order chi connectivity index (χ1) is 17.1. The molecule has 2 aromatic carbocycles. The van der Waals surface area contributed by atoms with Gasteiger partial charge in [0, 0.05) is 0 Å². The van der Waals surface area contributed by atoms with E-state index >= 15 is 0 Å². The predicted molar refractivity (Wildman–Crippen MR) is 135 cm³/mol. The number of nitrogens with one attached hydrogen (secondary N) is 1. The van der Waals surface area contributed by atoms with Crippen molar-refractivity contribution in [3.8, 4) is 23.3 Å². The fourth-order valence-corrected chi connectivity index (χ4v) is 3.89. The lowest BCUT2D eigenvalue weighted by Gasteiger charge is -2.14. The van der Waals surface area contributed by atoms with E-state index in [9.17, 15) is 10.1 Å². The highest BCUT2D eigenvalue weighted by atomic mass is 32.1. The molecule has 0 bridgehead atoms. The molecule has 1 unspecified atom stereocenters. The third-order valence-electron chi connectivity index (χ3n) is 5.18. The Balaban J connectivity index is 1.46. The molecule has 0 aliphatic rings. The summed E-state index contributed by atoms with van der Waals surface area (Å²) in [6, 6.07) is 15.7. The van der Waals surface area contributed by atoms with E-state index in [2.05, 4.69) is 28.2 Å². The van der Waals surface area contributed by atoms with E-state index in [1.807, 2.05) is 48.5 Å². The van der Waals surface area contributed by atoms with E-state index in [1.54, 1.807) is 7.11 Å². The van der Waals surface area contributed by atoms with Crippen molar-refractivity contribution in [2.75, 3.05) is 25.6 Å². The van der Waals surface area contributed by atoms with Gasteiger partial charge < -0.3 is 14.2 Å². The van der Waals surface area contributed by atoms with Crippen molar-refractivity contribution in [1.29, 1.82) is 5.26 Å². The number of anilines is 1. The van der Waals surface area contributed by atoms with Crippen molar-refractivity contribution in [3.05, 3.63) is 71.8 Å². The van der Waals surface area contributed by atoms with Crippen LogP contribution in [0.4, 0.5) is 5.13 Å². The number of ether oxygens (including phenoxy) is 3. The first kappa shape index (κ1) is 25.7. The number of methoxy groups -OCH3 is 1. The number of allylic oxidation sites excluding steroid dienone is 1. The van der Waals surface area contributed by atoms with Crippen molar-refractivity contribution in [2.24, 2.45) is 5.92 Å². The van der Waals surface area contributed by atoms with Crippen LogP contribution in [0.5, 0.6) is 17.2 Å². The number of nitriles is 1. The van der Waals surface area contributed by atoms with Gasteiger partial charge in [0.25, 0.3) is 0 Å². The lowest BCUT2D eigenvalue weighted by molar-refractivity contribution is -0.118. The Bertz CT molecular complexity index is 1140. The third kappa shape index (κ3) is 7.83. The molecule has 0 aliphatic heterocycles. The topological polar surface area (TPSA) is 106 Å². The van der Waals surface area contributed by atoms with Crippen molar-refractivity contribution in [3.63, 3.8) is 0 Å². The van der Waals surface area contributed by atoms with Crippen LogP contribution >= 0.6 is 11.3 Å². The van der Waals surface area contributed by atoms with Crippen LogP contribution in [0.3, 0.4) is 0 Å². The number of nitrogens with zero attached hydrogens (tertiary/aromatic N) is 3. The van der Waals surface area contributed by atoms with Crippen LogP contribution in [0.1, 0.15) is 24.0 Å². The molecule has 1 amide bonds. The molecule has 182 valence electrons. The van der Waals surface area contributed by atoms with Gasteiger partial charge in [-0.15, -0.1) is 16.8 Å². The van der Waals surface area contributed by atoms with Crippen molar-refractivity contribution < 1.29 is 19.0 Å². The van der Waals surface area contributed by atoms with Gasteiger partial charge in [0.15, 0.2) is 11.5 Å². The second kappa shape index (κ2) is 13.7. The highest BCUT2D eigenvalue weighted by molar-refractivity contribution is 7.13. The fourth-order valence-electron chi connectivity index (χ4n) is 3.44. The van der Waals surface area contributed by atoms with Gasteiger partial charge in [-0.05, 0) is 55.0 Å². The zero-order valence-electron chi connectivity index (χ0n) is 19.6. The molecule has 0 radical (unpaired) electrons. The van der Waals surface area contributed by atoms with Gasteiger partial charge in [0.05, 0.1) is 13.2 Å². The summed E-state index contributed by atoms with van der Waals surface area (Å²) >= 11 is 1.21. The molecule has 1 atom stereocenters. The summed E-state index contributed by atoms with van der Waals surface area (Å²) < 4.78 is 17.2. The number of aryl methyl sites for hydroxylation is 1. The lowest BCUT2D eigenvalue weighted by Crippen LogP contribution is -2.21. The Morgan fingerprint density at radius 1 is 1.20 bits per heavy atom. The first-order valence-corrected chi connectivity index (χ1v) is 12.1. The molecule has 8 nitrogen and oxygen atoms in total. The zero-order valence-corrected chi connectivity index (χ0v) is 20.4. The van der Waals surface area contributed by atoms with Crippen LogP contribution in [-0.4, -0.2) is 36.4 Å². The minimum Gasteiger partial charge on any atom is -0.493 e. The zero-order chi connectivity index (χ0) is 24.9. The van der Waals surface area contributed by atoms with E-state index < -0.39 is 5.92 Å². The predicted octanol–water partition coefficient (Wildman–Crippen LogP) is 4.83. The van der Waals surface area contributed by atoms with Gasteiger partial charge in [-0.2, -0.15) is 5.26 Å². The summed E-state index contributed by atoms with van der Waals surface area (Å²) in [6.45, 7) is 4.55. The number of amides is 1. The SMILES string of the molecule is C=CCc1ccccc1OCCOc1ccc(CCCC(C#N)C(=O)Nc2nncs2)cc1OC. The van der Waals surface area contributed by atoms with Gasteiger partial charge in [-0.3, -0.25) is 10.1 Å². The maximum absolute atomic E-state index is 12.3. The first-order valence-electron chi connectivity index (χ1n) is 11.2. The average Bonchev–Trinajstić information content (AvgIpc) is 3.39. The van der Waals surface area contributed by atoms with E-state index in [0.29, 0.717) is 49.1 Å². The number of benzene rings is 2. The quantitative estimate of drug-likeness (QED) is 0.254. The number of para-hydroxylation sites is 1. The Hall–Kier alpha value is -3.90. The van der Waals surface area contributed by atoms with Gasteiger partial charge in [0.2, 0.25) is 11.0 Å². The molecule has 1 heterocycles.